The lowest BCUT2D eigenvalue weighted by Crippen LogP contribution is -2.30. The van der Waals surface area contributed by atoms with Crippen LogP contribution in [0.1, 0.15) is 56.7 Å². The van der Waals surface area contributed by atoms with Crippen molar-refractivity contribution in [3.63, 3.8) is 0 Å². The van der Waals surface area contributed by atoms with E-state index in [1.54, 1.807) is 46.1 Å². The van der Waals surface area contributed by atoms with E-state index in [1.165, 1.54) is 6.92 Å². The molecule has 2 N–H and O–H groups in total. The molecule has 11 nitrogen and oxygen atoms in total. The Hall–Kier alpha value is -4.71. The number of nitrogens with zero attached hydrogens (tertiary/aromatic N) is 1. The molecule has 214 valence electrons. The van der Waals surface area contributed by atoms with E-state index in [2.05, 4.69) is 15.3 Å². The molecule has 4 rings (SSSR count). The third-order valence-corrected chi connectivity index (χ3v) is 7.25. The number of H-pyrrole nitrogens is 1. The van der Waals surface area contributed by atoms with Crippen molar-refractivity contribution in [2.75, 3.05) is 25.6 Å². The Bertz CT molecular complexity index is 1610. The SMILES string of the molecule is CCOC(=O)c1sc(NC(=O)C(C)OC(=O)c2ccc3nc(-c4ccc(OC)cc4)[nH]c3c2)c(C(=O)OCC)c1C. The molecule has 1 atom stereocenters. The van der Waals surface area contributed by atoms with Crippen LogP contribution in [0, 0.1) is 6.92 Å². The third-order valence-electron chi connectivity index (χ3n) is 6.06. The monoisotopic (exact) mass is 579 g/mol. The van der Waals surface area contributed by atoms with Gasteiger partial charge in [-0.15, -0.1) is 11.3 Å². The first-order valence-electron chi connectivity index (χ1n) is 12.8. The Balaban J connectivity index is 1.49. The van der Waals surface area contributed by atoms with Gasteiger partial charge in [0, 0.05) is 5.56 Å². The number of hydrogen-bond donors (Lipinski definition) is 2. The number of imidazole rings is 1. The van der Waals surface area contributed by atoms with Crippen LogP contribution in [0.5, 0.6) is 5.75 Å². The number of hydrogen-bond acceptors (Lipinski definition) is 10. The van der Waals surface area contributed by atoms with Crippen LogP contribution in [0.3, 0.4) is 0 Å². The zero-order valence-electron chi connectivity index (χ0n) is 23.2. The van der Waals surface area contributed by atoms with Gasteiger partial charge in [0.1, 0.15) is 21.5 Å². The van der Waals surface area contributed by atoms with Gasteiger partial charge in [0.2, 0.25) is 0 Å². The molecule has 1 amide bonds. The van der Waals surface area contributed by atoms with E-state index in [1.807, 2.05) is 24.3 Å². The molecular formula is C29H29N3O8S. The van der Waals surface area contributed by atoms with Gasteiger partial charge in [-0.2, -0.15) is 0 Å². The molecule has 2 aromatic carbocycles. The topological polar surface area (TPSA) is 146 Å². The molecule has 0 fully saturated rings. The molecule has 2 aromatic heterocycles. The Morgan fingerprint density at radius 3 is 2.32 bits per heavy atom. The number of fused-ring (bicyclic) bond motifs is 1. The highest BCUT2D eigenvalue weighted by molar-refractivity contribution is 7.18. The molecule has 0 aliphatic carbocycles. The minimum Gasteiger partial charge on any atom is -0.497 e. The summed E-state index contributed by atoms with van der Waals surface area (Å²) in [5.74, 6) is -1.39. The summed E-state index contributed by atoms with van der Waals surface area (Å²) in [5.41, 5.74) is 2.69. The molecule has 1 unspecified atom stereocenters. The van der Waals surface area contributed by atoms with Gasteiger partial charge >= 0.3 is 17.9 Å². The van der Waals surface area contributed by atoms with Crippen molar-refractivity contribution in [1.82, 2.24) is 9.97 Å². The zero-order valence-corrected chi connectivity index (χ0v) is 24.0. The average molecular weight is 580 g/mol. The van der Waals surface area contributed by atoms with Crippen LogP contribution >= 0.6 is 11.3 Å². The summed E-state index contributed by atoms with van der Waals surface area (Å²) < 4.78 is 20.8. The number of aromatic nitrogens is 2. The van der Waals surface area contributed by atoms with E-state index in [0.717, 1.165) is 22.6 Å². The highest BCUT2D eigenvalue weighted by atomic mass is 32.1. The van der Waals surface area contributed by atoms with Crippen LogP contribution in [-0.2, 0) is 19.0 Å². The van der Waals surface area contributed by atoms with Crippen molar-refractivity contribution in [2.45, 2.75) is 33.8 Å². The summed E-state index contributed by atoms with van der Waals surface area (Å²) in [6.07, 6.45) is -1.22. The second kappa shape index (κ2) is 12.6. The van der Waals surface area contributed by atoms with E-state index in [-0.39, 0.29) is 34.2 Å². The highest BCUT2D eigenvalue weighted by Gasteiger charge is 2.29. The van der Waals surface area contributed by atoms with Gasteiger partial charge in [-0.3, -0.25) is 4.79 Å². The number of thiophene rings is 1. The number of methoxy groups -OCH3 is 1. The van der Waals surface area contributed by atoms with Gasteiger partial charge in [-0.05, 0) is 75.7 Å². The van der Waals surface area contributed by atoms with E-state index in [4.69, 9.17) is 18.9 Å². The van der Waals surface area contributed by atoms with Gasteiger partial charge in [-0.1, -0.05) is 0 Å². The molecule has 12 heteroatoms. The molecule has 2 heterocycles. The number of aromatic amines is 1. The maximum Gasteiger partial charge on any atom is 0.348 e. The first kappa shape index (κ1) is 29.3. The number of rotatable bonds is 10. The number of nitrogens with one attached hydrogen (secondary N) is 2. The summed E-state index contributed by atoms with van der Waals surface area (Å²) in [6.45, 7) is 6.53. The number of carbonyl (C=O) groups excluding carboxylic acids is 4. The first-order chi connectivity index (χ1) is 19.7. The highest BCUT2D eigenvalue weighted by Crippen LogP contribution is 2.34. The molecule has 0 aliphatic heterocycles. The Morgan fingerprint density at radius 1 is 0.976 bits per heavy atom. The lowest BCUT2D eigenvalue weighted by atomic mass is 10.1. The quantitative estimate of drug-likeness (QED) is 0.192. The molecule has 0 aliphatic rings. The Morgan fingerprint density at radius 2 is 1.66 bits per heavy atom. The Labute approximate surface area is 239 Å². The normalized spacial score (nSPS) is 11.5. The summed E-state index contributed by atoms with van der Waals surface area (Å²) in [7, 11) is 1.59. The van der Waals surface area contributed by atoms with Gasteiger partial charge in [0.15, 0.2) is 6.10 Å². The third kappa shape index (κ3) is 6.38. The molecular weight excluding hydrogens is 550 g/mol. The lowest BCUT2D eigenvalue weighted by molar-refractivity contribution is -0.123. The largest absolute Gasteiger partial charge is 0.497 e. The van der Waals surface area contributed by atoms with Crippen molar-refractivity contribution >= 4 is 51.2 Å². The number of amides is 1. The summed E-state index contributed by atoms with van der Waals surface area (Å²) in [6, 6.07) is 12.2. The van der Waals surface area contributed by atoms with Crippen molar-refractivity contribution in [1.29, 1.82) is 0 Å². The molecule has 0 radical (unpaired) electrons. The smallest absolute Gasteiger partial charge is 0.348 e. The average Bonchev–Trinajstić information content (AvgIpc) is 3.53. The van der Waals surface area contributed by atoms with E-state index in [9.17, 15) is 19.2 Å². The van der Waals surface area contributed by atoms with Crippen LogP contribution in [0.2, 0.25) is 0 Å². The predicted molar refractivity (Wildman–Crippen MR) is 153 cm³/mol. The number of anilines is 1. The number of esters is 3. The van der Waals surface area contributed by atoms with Gasteiger partial charge in [0.25, 0.3) is 5.91 Å². The lowest BCUT2D eigenvalue weighted by Gasteiger charge is -2.14. The Kier molecular flexibility index (Phi) is 9.03. The number of benzene rings is 2. The molecule has 0 spiro atoms. The molecule has 41 heavy (non-hydrogen) atoms. The molecule has 4 aromatic rings. The van der Waals surface area contributed by atoms with E-state index < -0.39 is 29.9 Å². The summed E-state index contributed by atoms with van der Waals surface area (Å²) >= 11 is 0.887. The standard InChI is InChI=1S/C29H29N3O8S/c1-6-38-28(35)22-15(3)23(29(36)39-7-2)41-26(22)32-25(33)16(4)40-27(34)18-10-13-20-21(14-18)31-24(30-20)17-8-11-19(37-5)12-9-17/h8-14,16H,6-7H2,1-5H3,(H,30,31)(H,32,33). The zero-order chi connectivity index (χ0) is 29.7. The summed E-state index contributed by atoms with van der Waals surface area (Å²) in [4.78, 5) is 58.8. The second-order valence-electron chi connectivity index (χ2n) is 8.78. The van der Waals surface area contributed by atoms with E-state index >= 15 is 0 Å². The van der Waals surface area contributed by atoms with Gasteiger partial charge in [-0.25, -0.2) is 19.4 Å². The van der Waals surface area contributed by atoms with Crippen molar-refractivity contribution in [2.24, 2.45) is 0 Å². The first-order valence-corrected chi connectivity index (χ1v) is 13.6. The van der Waals surface area contributed by atoms with Crippen LogP contribution in [-0.4, -0.2) is 60.2 Å². The number of carbonyl (C=O) groups is 4. The second-order valence-corrected chi connectivity index (χ2v) is 9.80. The van der Waals surface area contributed by atoms with Crippen molar-refractivity contribution in [3.05, 3.63) is 64.0 Å². The minimum absolute atomic E-state index is 0.0455. The van der Waals surface area contributed by atoms with E-state index in [0.29, 0.717) is 22.4 Å². The summed E-state index contributed by atoms with van der Waals surface area (Å²) in [5, 5.41) is 2.69. The van der Waals surface area contributed by atoms with Crippen LogP contribution in [0.4, 0.5) is 5.00 Å². The van der Waals surface area contributed by atoms with Crippen molar-refractivity contribution in [3.8, 4) is 17.1 Å². The fourth-order valence-corrected chi connectivity index (χ4v) is 5.05. The fraction of sp³-hybridized carbons (Fsp3) is 0.276. The van der Waals surface area contributed by atoms with Crippen LogP contribution in [0.15, 0.2) is 42.5 Å². The molecule has 0 saturated carbocycles. The van der Waals surface area contributed by atoms with Crippen molar-refractivity contribution < 1.29 is 38.1 Å². The van der Waals surface area contributed by atoms with Gasteiger partial charge < -0.3 is 29.2 Å². The fourth-order valence-electron chi connectivity index (χ4n) is 3.96. The molecule has 0 bridgehead atoms. The predicted octanol–water partition coefficient (Wildman–Crippen LogP) is 5.15. The molecule has 0 saturated heterocycles. The van der Waals surface area contributed by atoms with Crippen LogP contribution in [0.25, 0.3) is 22.4 Å². The van der Waals surface area contributed by atoms with Crippen LogP contribution < -0.4 is 10.1 Å². The maximum absolute atomic E-state index is 13.0. The minimum atomic E-state index is -1.22. The van der Waals surface area contributed by atoms with Gasteiger partial charge in [0.05, 0.1) is 42.5 Å². The maximum atomic E-state index is 13.0. The number of ether oxygens (including phenoxy) is 4.